The summed E-state index contributed by atoms with van der Waals surface area (Å²) in [6, 6.07) is 8.08. The predicted octanol–water partition coefficient (Wildman–Crippen LogP) is 3.44. The lowest BCUT2D eigenvalue weighted by Gasteiger charge is -2.09. The zero-order valence-corrected chi connectivity index (χ0v) is 12.3. The van der Waals surface area contributed by atoms with E-state index < -0.39 is 0 Å². The van der Waals surface area contributed by atoms with Gasteiger partial charge in [0.25, 0.3) is 0 Å². The number of aryl methyl sites for hydroxylation is 1. The van der Waals surface area contributed by atoms with Gasteiger partial charge in [0.15, 0.2) is 5.13 Å². The lowest BCUT2D eigenvalue weighted by Crippen LogP contribution is -2.05. The zero-order valence-electron chi connectivity index (χ0n) is 11.4. The van der Waals surface area contributed by atoms with Crippen molar-refractivity contribution in [2.75, 3.05) is 12.0 Å². The minimum atomic E-state index is 0.516. The first-order valence-electron chi connectivity index (χ1n) is 6.27. The first-order valence-corrected chi connectivity index (χ1v) is 7.09. The molecule has 0 aliphatic heterocycles. The van der Waals surface area contributed by atoms with Gasteiger partial charge in [0.1, 0.15) is 5.75 Å². The Bertz CT molecular complexity index is 551. The number of hydrazine groups is 1. The van der Waals surface area contributed by atoms with E-state index in [2.05, 4.69) is 30.3 Å². The predicted molar refractivity (Wildman–Crippen MR) is 80.4 cm³/mol. The topological polar surface area (TPSA) is 60.2 Å². The number of aromatic nitrogens is 1. The number of nitrogen functional groups attached to an aromatic ring is 1. The number of anilines is 1. The van der Waals surface area contributed by atoms with Gasteiger partial charge < -0.3 is 4.74 Å². The lowest BCUT2D eigenvalue weighted by molar-refractivity contribution is 0.271. The van der Waals surface area contributed by atoms with E-state index in [0.29, 0.717) is 5.92 Å². The number of ether oxygens (including phenoxy) is 1. The molecule has 0 amide bonds. The van der Waals surface area contributed by atoms with Gasteiger partial charge in [-0.25, -0.2) is 10.8 Å². The molecule has 0 bridgehead atoms. The SMILES string of the molecule is Cc1nc(NN)sc1-c1cccc(OCC(C)C)c1. The van der Waals surface area contributed by atoms with Gasteiger partial charge in [-0.1, -0.05) is 37.3 Å². The van der Waals surface area contributed by atoms with Gasteiger partial charge in [-0.05, 0) is 30.5 Å². The Morgan fingerprint density at radius 2 is 2.21 bits per heavy atom. The average Bonchev–Trinajstić information content (AvgIpc) is 2.78. The number of hydrogen-bond acceptors (Lipinski definition) is 5. The van der Waals surface area contributed by atoms with Crippen LogP contribution in [0.1, 0.15) is 19.5 Å². The summed E-state index contributed by atoms with van der Waals surface area (Å²) in [5, 5.41) is 0.723. The number of nitrogens with two attached hydrogens (primary N) is 1. The van der Waals surface area contributed by atoms with E-state index in [1.807, 2.05) is 25.1 Å². The molecule has 0 aliphatic carbocycles. The number of hydrogen-bond donors (Lipinski definition) is 2. The Morgan fingerprint density at radius 3 is 2.84 bits per heavy atom. The summed E-state index contributed by atoms with van der Waals surface area (Å²) in [6.07, 6.45) is 0. The summed E-state index contributed by atoms with van der Waals surface area (Å²) in [6.45, 7) is 6.97. The molecule has 1 aromatic heterocycles. The molecular formula is C14H19N3OS. The Kier molecular flexibility index (Phi) is 4.39. The summed E-state index contributed by atoms with van der Waals surface area (Å²) in [5.74, 6) is 6.80. The van der Waals surface area contributed by atoms with Crippen LogP contribution in [0.2, 0.25) is 0 Å². The number of rotatable bonds is 5. The van der Waals surface area contributed by atoms with Gasteiger partial charge in [0.05, 0.1) is 17.2 Å². The molecule has 2 aromatic rings. The van der Waals surface area contributed by atoms with E-state index in [4.69, 9.17) is 10.6 Å². The van der Waals surface area contributed by atoms with Crippen molar-refractivity contribution in [2.24, 2.45) is 11.8 Å². The van der Waals surface area contributed by atoms with Crippen LogP contribution in [0.15, 0.2) is 24.3 Å². The molecule has 1 aromatic carbocycles. The first kappa shape index (κ1) is 13.8. The van der Waals surface area contributed by atoms with Crippen LogP contribution in [0.25, 0.3) is 10.4 Å². The molecule has 0 aliphatic rings. The van der Waals surface area contributed by atoms with Gasteiger partial charge in [0, 0.05) is 0 Å². The van der Waals surface area contributed by atoms with E-state index in [-0.39, 0.29) is 0 Å². The monoisotopic (exact) mass is 277 g/mol. The third kappa shape index (κ3) is 3.45. The van der Waals surface area contributed by atoms with Crippen molar-refractivity contribution in [3.05, 3.63) is 30.0 Å². The molecule has 3 N–H and O–H groups in total. The van der Waals surface area contributed by atoms with Crippen LogP contribution in [-0.2, 0) is 0 Å². The van der Waals surface area contributed by atoms with Crippen molar-refractivity contribution >= 4 is 16.5 Å². The van der Waals surface area contributed by atoms with Gasteiger partial charge in [-0.15, -0.1) is 0 Å². The van der Waals surface area contributed by atoms with Crippen LogP contribution < -0.4 is 16.0 Å². The Morgan fingerprint density at radius 1 is 1.42 bits per heavy atom. The van der Waals surface area contributed by atoms with E-state index in [1.165, 1.54) is 0 Å². The number of benzene rings is 1. The molecule has 19 heavy (non-hydrogen) atoms. The van der Waals surface area contributed by atoms with Crippen LogP contribution in [0.5, 0.6) is 5.75 Å². The third-order valence-electron chi connectivity index (χ3n) is 2.60. The fraction of sp³-hybridized carbons (Fsp3) is 0.357. The van der Waals surface area contributed by atoms with Crippen molar-refractivity contribution in [3.63, 3.8) is 0 Å². The molecular weight excluding hydrogens is 258 g/mol. The van der Waals surface area contributed by atoms with E-state index in [1.54, 1.807) is 11.3 Å². The summed E-state index contributed by atoms with van der Waals surface area (Å²) >= 11 is 1.54. The molecule has 0 fully saturated rings. The largest absolute Gasteiger partial charge is 0.493 e. The highest BCUT2D eigenvalue weighted by Crippen LogP contribution is 2.33. The molecule has 2 rings (SSSR count). The van der Waals surface area contributed by atoms with Crippen LogP contribution in [0.3, 0.4) is 0 Å². The number of nitrogens with one attached hydrogen (secondary N) is 1. The molecule has 0 radical (unpaired) electrons. The fourth-order valence-electron chi connectivity index (χ4n) is 1.72. The maximum atomic E-state index is 5.75. The summed E-state index contributed by atoms with van der Waals surface area (Å²) in [4.78, 5) is 5.46. The molecule has 0 saturated heterocycles. The highest BCUT2D eigenvalue weighted by Gasteiger charge is 2.10. The van der Waals surface area contributed by atoms with Gasteiger partial charge in [0.2, 0.25) is 0 Å². The second-order valence-corrected chi connectivity index (χ2v) is 5.81. The zero-order chi connectivity index (χ0) is 13.8. The summed E-state index contributed by atoms with van der Waals surface area (Å²) in [7, 11) is 0. The molecule has 0 saturated carbocycles. The third-order valence-corrected chi connectivity index (χ3v) is 3.74. The molecule has 0 atom stereocenters. The van der Waals surface area contributed by atoms with Crippen molar-refractivity contribution in [1.29, 1.82) is 0 Å². The Hall–Kier alpha value is -1.59. The highest BCUT2D eigenvalue weighted by atomic mass is 32.1. The van der Waals surface area contributed by atoms with Crippen LogP contribution in [-0.4, -0.2) is 11.6 Å². The second-order valence-electron chi connectivity index (χ2n) is 4.81. The molecule has 0 spiro atoms. The molecule has 0 unspecified atom stereocenters. The van der Waals surface area contributed by atoms with Crippen molar-refractivity contribution in [3.8, 4) is 16.2 Å². The van der Waals surface area contributed by atoms with Crippen LogP contribution >= 0.6 is 11.3 Å². The molecule has 4 nitrogen and oxygen atoms in total. The van der Waals surface area contributed by atoms with Crippen LogP contribution in [0, 0.1) is 12.8 Å². The quantitative estimate of drug-likeness (QED) is 0.649. The van der Waals surface area contributed by atoms with E-state index >= 15 is 0 Å². The second kappa shape index (κ2) is 6.04. The van der Waals surface area contributed by atoms with Crippen molar-refractivity contribution in [1.82, 2.24) is 4.98 Å². The minimum absolute atomic E-state index is 0.516. The molecule has 102 valence electrons. The Balaban J connectivity index is 2.24. The highest BCUT2D eigenvalue weighted by molar-refractivity contribution is 7.19. The van der Waals surface area contributed by atoms with Crippen molar-refractivity contribution in [2.45, 2.75) is 20.8 Å². The maximum Gasteiger partial charge on any atom is 0.197 e. The van der Waals surface area contributed by atoms with Crippen molar-refractivity contribution < 1.29 is 4.74 Å². The van der Waals surface area contributed by atoms with Crippen LogP contribution in [0.4, 0.5) is 5.13 Å². The normalized spacial score (nSPS) is 10.8. The van der Waals surface area contributed by atoms with Gasteiger partial charge in [-0.3, -0.25) is 5.43 Å². The summed E-state index contributed by atoms with van der Waals surface area (Å²) in [5.41, 5.74) is 4.67. The van der Waals surface area contributed by atoms with E-state index in [0.717, 1.165) is 33.6 Å². The summed E-state index contributed by atoms with van der Waals surface area (Å²) < 4.78 is 5.75. The van der Waals surface area contributed by atoms with Gasteiger partial charge in [-0.2, -0.15) is 0 Å². The Labute approximate surface area is 117 Å². The minimum Gasteiger partial charge on any atom is -0.493 e. The number of thiazole rings is 1. The number of nitrogens with zero attached hydrogens (tertiary/aromatic N) is 1. The standard InChI is InChI=1S/C14H19N3OS/c1-9(2)8-18-12-6-4-5-11(7-12)13-10(3)16-14(17-15)19-13/h4-7,9H,8,15H2,1-3H3,(H,16,17). The maximum absolute atomic E-state index is 5.75. The van der Waals surface area contributed by atoms with Gasteiger partial charge >= 0.3 is 0 Å². The average molecular weight is 277 g/mol. The molecule has 1 heterocycles. The lowest BCUT2D eigenvalue weighted by atomic mass is 10.1. The molecule has 5 heteroatoms. The van der Waals surface area contributed by atoms with E-state index in [9.17, 15) is 0 Å². The first-order chi connectivity index (χ1) is 9.10. The smallest absolute Gasteiger partial charge is 0.197 e. The fourth-order valence-corrected chi connectivity index (χ4v) is 2.59.